The highest BCUT2D eigenvalue weighted by Crippen LogP contribution is 2.30. The highest BCUT2D eigenvalue weighted by molar-refractivity contribution is 9.10. The van der Waals surface area contributed by atoms with Gasteiger partial charge in [-0.25, -0.2) is 0 Å². The topological polar surface area (TPSA) is 78.5 Å². The van der Waals surface area contributed by atoms with Crippen molar-refractivity contribution in [1.82, 2.24) is 10.2 Å². The summed E-state index contributed by atoms with van der Waals surface area (Å²) in [6.45, 7) is 0.451. The summed E-state index contributed by atoms with van der Waals surface area (Å²) >= 11 is 4.82. The van der Waals surface area contributed by atoms with E-state index >= 15 is 0 Å². The summed E-state index contributed by atoms with van der Waals surface area (Å²) in [5.74, 6) is 0.0143. The first-order valence-corrected chi connectivity index (χ1v) is 9.88. The predicted octanol–water partition coefficient (Wildman–Crippen LogP) is 1.85. The van der Waals surface area contributed by atoms with Gasteiger partial charge in [0.25, 0.3) is 5.91 Å². The van der Waals surface area contributed by atoms with Crippen LogP contribution in [0.15, 0.2) is 22.7 Å². The number of carbonyl (C=O) groups excluding carboxylic acids is 3. The van der Waals surface area contributed by atoms with E-state index in [1.165, 1.54) is 11.8 Å². The van der Waals surface area contributed by atoms with Gasteiger partial charge in [-0.15, -0.1) is 0 Å². The molecule has 1 aromatic rings. The van der Waals surface area contributed by atoms with Gasteiger partial charge in [0, 0.05) is 17.1 Å². The van der Waals surface area contributed by atoms with Crippen LogP contribution < -0.4 is 10.6 Å². The summed E-state index contributed by atoms with van der Waals surface area (Å²) in [6, 6.07) is 4.61. The van der Waals surface area contributed by atoms with Crippen molar-refractivity contribution in [2.45, 2.75) is 24.9 Å². The highest BCUT2D eigenvalue weighted by atomic mass is 79.9. The van der Waals surface area contributed by atoms with Crippen LogP contribution in [0.25, 0.3) is 0 Å². The second-order valence-electron chi connectivity index (χ2n) is 5.92. The lowest BCUT2D eigenvalue weighted by atomic mass is 9.96. The average molecular weight is 412 g/mol. The Morgan fingerprint density at radius 3 is 3.00 bits per heavy atom. The van der Waals surface area contributed by atoms with Crippen LogP contribution in [0.1, 0.15) is 23.2 Å². The van der Waals surface area contributed by atoms with Crippen molar-refractivity contribution in [3.8, 4) is 0 Å². The molecule has 2 N–H and O–H groups in total. The zero-order valence-electron chi connectivity index (χ0n) is 13.2. The Balaban J connectivity index is 1.80. The monoisotopic (exact) mass is 411 g/mol. The van der Waals surface area contributed by atoms with Crippen molar-refractivity contribution in [3.05, 3.63) is 28.2 Å². The molecule has 2 aliphatic rings. The Bertz CT molecular complexity index is 697. The lowest BCUT2D eigenvalue weighted by molar-refractivity contribution is -0.123. The van der Waals surface area contributed by atoms with E-state index in [4.69, 9.17) is 0 Å². The third-order valence-corrected chi connectivity index (χ3v) is 5.32. The number of rotatable bonds is 3. The van der Waals surface area contributed by atoms with E-state index in [1.54, 1.807) is 23.1 Å². The van der Waals surface area contributed by atoms with E-state index in [9.17, 15) is 14.4 Å². The largest absolute Gasteiger partial charge is 0.352 e. The van der Waals surface area contributed by atoms with Crippen LogP contribution in [0.4, 0.5) is 5.69 Å². The molecule has 24 heavy (non-hydrogen) atoms. The second kappa shape index (κ2) is 7.14. The predicted molar refractivity (Wildman–Crippen MR) is 97.1 cm³/mol. The highest BCUT2D eigenvalue weighted by Gasteiger charge is 2.40. The molecule has 0 bridgehead atoms. The van der Waals surface area contributed by atoms with Gasteiger partial charge < -0.3 is 15.5 Å². The first-order chi connectivity index (χ1) is 11.5. The number of thioether (sulfide) groups is 1. The maximum absolute atomic E-state index is 12.8. The molecule has 6 nitrogen and oxygen atoms in total. The van der Waals surface area contributed by atoms with Crippen molar-refractivity contribution in [1.29, 1.82) is 0 Å². The quantitative estimate of drug-likeness (QED) is 0.795. The van der Waals surface area contributed by atoms with Gasteiger partial charge in [-0.3, -0.25) is 14.4 Å². The van der Waals surface area contributed by atoms with Crippen molar-refractivity contribution < 1.29 is 14.4 Å². The summed E-state index contributed by atoms with van der Waals surface area (Å²) in [4.78, 5) is 38.8. The molecule has 1 fully saturated rings. The number of benzene rings is 1. The van der Waals surface area contributed by atoms with E-state index in [2.05, 4.69) is 26.6 Å². The van der Waals surface area contributed by atoms with Gasteiger partial charge in [0.05, 0.1) is 17.0 Å². The third-order valence-electron chi connectivity index (χ3n) is 4.28. The third kappa shape index (κ3) is 3.44. The van der Waals surface area contributed by atoms with Crippen molar-refractivity contribution in [2.24, 2.45) is 0 Å². The molecule has 0 unspecified atom stereocenters. The van der Waals surface area contributed by atoms with Crippen LogP contribution in [0, 0.1) is 0 Å². The summed E-state index contributed by atoms with van der Waals surface area (Å²) < 4.78 is 0.793. The van der Waals surface area contributed by atoms with Crippen molar-refractivity contribution >= 4 is 51.1 Å². The summed E-state index contributed by atoms with van der Waals surface area (Å²) in [5.41, 5.74) is 1.02. The number of carbonyl (C=O) groups is 3. The Labute approximate surface area is 152 Å². The molecule has 0 aromatic heterocycles. The lowest BCUT2D eigenvalue weighted by Crippen LogP contribution is -2.55. The van der Waals surface area contributed by atoms with Gasteiger partial charge in [-0.05, 0) is 37.3 Å². The smallest absolute Gasteiger partial charge is 0.256 e. The number of anilines is 1. The van der Waals surface area contributed by atoms with E-state index in [1.807, 2.05) is 6.26 Å². The minimum absolute atomic E-state index is 0.0338. The fourth-order valence-corrected chi connectivity index (χ4v) is 3.87. The van der Waals surface area contributed by atoms with Gasteiger partial charge >= 0.3 is 0 Å². The molecule has 2 heterocycles. The first kappa shape index (κ1) is 17.3. The molecule has 2 aliphatic heterocycles. The van der Waals surface area contributed by atoms with Crippen LogP contribution >= 0.6 is 27.7 Å². The molecule has 1 saturated heterocycles. The molecule has 0 radical (unpaired) electrons. The fourth-order valence-electron chi connectivity index (χ4n) is 3.16. The van der Waals surface area contributed by atoms with E-state index in [0.29, 0.717) is 36.4 Å². The molecule has 3 rings (SSSR count). The molecule has 0 aliphatic carbocycles. The van der Waals surface area contributed by atoms with E-state index in [0.717, 1.165) is 4.47 Å². The Kier molecular flexibility index (Phi) is 5.15. The van der Waals surface area contributed by atoms with E-state index in [-0.39, 0.29) is 23.8 Å². The molecule has 128 valence electrons. The van der Waals surface area contributed by atoms with E-state index < -0.39 is 6.04 Å². The standard InChI is InChI=1S/C16H18BrN3O3S/c1-24-8-14(21)18-10-4-5-20-13(7-10)15(22)19-12-3-2-9(17)6-11(12)16(20)23/h2-3,6,10,13H,4-5,7-8H2,1H3,(H,18,21)(H,19,22)/t10-,13-/m0/s1. The normalized spacial score (nSPS) is 23.0. The fraction of sp³-hybridized carbons (Fsp3) is 0.438. The number of nitrogens with zero attached hydrogens (tertiary/aromatic N) is 1. The van der Waals surface area contributed by atoms with Crippen LogP contribution in [-0.4, -0.2) is 53.3 Å². The van der Waals surface area contributed by atoms with Crippen molar-refractivity contribution in [3.63, 3.8) is 0 Å². The summed E-state index contributed by atoms with van der Waals surface area (Å²) in [7, 11) is 0. The first-order valence-electron chi connectivity index (χ1n) is 7.69. The molecular weight excluding hydrogens is 394 g/mol. The summed E-state index contributed by atoms with van der Waals surface area (Å²) in [6.07, 6.45) is 2.96. The van der Waals surface area contributed by atoms with Crippen LogP contribution in [-0.2, 0) is 9.59 Å². The van der Waals surface area contributed by atoms with Crippen LogP contribution in [0.2, 0.25) is 0 Å². The maximum Gasteiger partial charge on any atom is 0.256 e. The number of fused-ring (bicyclic) bond motifs is 2. The number of amides is 3. The maximum atomic E-state index is 12.8. The molecule has 2 atom stereocenters. The molecule has 0 saturated carbocycles. The molecule has 3 amide bonds. The number of piperidine rings is 1. The van der Waals surface area contributed by atoms with Gasteiger partial charge in [0.2, 0.25) is 11.8 Å². The van der Waals surface area contributed by atoms with Gasteiger partial charge in [0.1, 0.15) is 6.04 Å². The SMILES string of the molecule is CSCC(=O)N[C@H]1CCN2C(=O)c3cc(Br)ccc3NC(=O)[C@@H]2C1. The second-order valence-corrected chi connectivity index (χ2v) is 7.70. The van der Waals surface area contributed by atoms with Crippen LogP contribution in [0.3, 0.4) is 0 Å². The lowest BCUT2D eigenvalue weighted by Gasteiger charge is -2.37. The minimum atomic E-state index is -0.558. The Morgan fingerprint density at radius 1 is 1.46 bits per heavy atom. The molecule has 0 spiro atoms. The number of hydrogen-bond donors (Lipinski definition) is 2. The number of nitrogens with one attached hydrogen (secondary N) is 2. The number of hydrogen-bond acceptors (Lipinski definition) is 4. The van der Waals surface area contributed by atoms with Gasteiger partial charge in [0.15, 0.2) is 0 Å². The zero-order chi connectivity index (χ0) is 17.3. The molecule has 1 aromatic carbocycles. The molecular formula is C16H18BrN3O3S. The molecule has 8 heteroatoms. The Hall–Kier alpha value is -1.54. The zero-order valence-corrected chi connectivity index (χ0v) is 15.6. The number of halogens is 1. The van der Waals surface area contributed by atoms with Gasteiger partial charge in [-0.2, -0.15) is 11.8 Å². The van der Waals surface area contributed by atoms with Crippen molar-refractivity contribution in [2.75, 3.05) is 23.9 Å². The average Bonchev–Trinajstić information content (AvgIpc) is 2.64. The minimum Gasteiger partial charge on any atom is -0.352 e. The van der Waals surface area contributed by atoms with Crippen LogP contribution in [0.5, 0.6) is 0 Å². The Morgan fingerprint density at radius 2 is 2.25 bits per heavy atom. The van der Waals surface area contributed by atoms with Gasteiger partial charge in [-0.1, -0.05) is 15.9 Å². The summed E-state index contributed by atoms with van der Waals surface area (Å²) in [5, 5.41) is 5.79.